The molecule has 7 heteroatoms. The SMILES string of the molecule is C[C@@H](CNC(=O)C(=O)Nc1ccccc1C(=O)NCc1ccco1)c1ccccc1. The average Bonchev–Trinajstić information content (AvgIpc) is 3.30. The van der Waals surface area contributed by atoms with E-state index in [0.29, 0.717) is 12.3 Å². The van der Waals surface area contributed by atoms with Crippen LogP contribution in [-0.2, 0) is 16.1 Å². The van der Waals surface area contributed by atoms with Crippen LogP contribution in [0.1, 0.15) is 34.5 Å². The van der Waals surface area contributed by atoms with Crippen LogP contribution in [0.5, 0.6) is 0 Å². The second-order valence-electron chi connectivity index (χ2n) is 6.78. The minimum absolute atomic E-state index is 0.0580. The van der Waals surface area contributed by atoms with E-state index in [1.54, 1.807) is 36.4 Å². The number of amides is 3. The lowest BCUT2D eigenvalue weighted by atomic mass is 10.0. The molecule has 154 valence electrons. The Kier molecular flexibility index (Phi) is 7.00. The average molecular weight is 405 g/mol. The number of carbonyl (C=O) groups excluding carboxylic acids is 3. The molecule has 0 fully saturated rings. The Bertz CT molecular complexity index is 1000. The van der Waals surface area contributed by atoms with Gasteiger partial charge in [0.05, 0.1) is 24.1 Å². The largest absolute Gasteiger partial charge is 0.467 e. The molecule has 0 unspecified atom stereocenters. The summed E-state index contributed by atoms with van der Waals surface area (Å²) in [4.78, 5) is 37.0. The molecule has 30 heavy (non-hydrogen) atoms. The van der Waals surface area contributed by atoms with E-state index >= 15 is 0 Å². The van der Waals surface area contributed by atoms with Crippen LogP contribution >= 0.6 is 0 Å². The van der Waals surface area contributed by atoms with Gasteiger partial charge in [-0.1, -0.05) is 49.4 Å². The highest BCUT2D eigenvalue weighted by Gasteiger charge is 2.18. The number of furan rings is 1. The smallest absolute Gasteiger partial charge is 0.313 e. The van der Waals surface area contributed by atoms with Gasteiger partial charge < -0.3 is 20.4 Å². The highest BCUT2D eigenvalue weighted by molar-refractivity contribution is 6.40. The summed E-state index contributed by atoms with van der Waals surface area (Å²) in [5.41, 5.74) is 1.57. The van der Waals surface area contributed by atoms with E-state index in [9.17, 15) is 14.4 Å². The predicted octanol–water partition coefficient (Wildman–Crippen LogP) is 3.07. The van der Waals surface area contributed by atoms with E-state index < -0.39 is 11.8 Å². The Morgan fingerprint density at radius 1 is 0.867 bits per heavy atom. The van der Waals surface area contributed by atoms with Crippen LogP contribution in [0.3, 0.4) is 0 Å². The Morgan fingerprint density at radius 3 is 2.33 bits per heavy atom. The third-order valence-electron chi connectivity index (χ3n) is 4.57. The van der Waals surface area contributed by atoms with Gasteiger partial charge in [0, 0.05) is 6.54 Å². The minimum atomic E-state index is -0.832. The second-order valence-corrected chi connectivity index (χ2v) is 6.78. The zero-order valence-electron chi connectivity index (χ0n) is 16.6. The minimum Gasteiger partial charge on any atom is -0.467 e. The number of rotatable bonds is 7. The topological polar surface area (TPSA) is 100 Å². The Morgan fingerprint density at radius 2 is 1.60 bits per heavy atom. The van der Waals surface area contributed by atoms with Crippen molar-refractivity contribution in [1.29, 1.82) is 0 Å². The molecule has 0 aliphatic carbocycles. The Hall–Kier alpha value is -3.87. The first-order valence-electron chi connectivity index (χ1n) is 9.58. The van der Waals surface area contributed by atoms with Crippen LogP contribution in [0.4, 0.5) is 5.69 Å². The molecule has 0 aliphatic heterocycles. The summed E-state index contributed by atoms with van der Waals surface area (Å²) in [6.07, 6.45) is 1.52. The second kappa shape index (κ2) is 10.1. The van der Waals surface area contributed by atoms with Crippen LogP contribution in [0, 0.1) is 0 Å². The number of nitrogens with one attached hydrogen (secondary N) is 3. The summed E-state index contributed by atoms with van der Waals surface area (Å²) in [6.45, 7) is 2.50. The summed E-state index contributed by atoms with van der Waals surface area (Å²) in [7, 11) is 0. The maximum atomic E-state index is 12.5. The first kappa shape index (κ1) is 20.9. The number of para-hydroxylation sites is 1. The molecule has 0 spiro atoms. The lowest BCUT2D eigenvalue weighted by Gasteiger charge is -2.14. The molecule has 2 aromatic carbocycles. The molecule has 0 bridgehead atoms. The fourth-order valence-corrected chi connectivity index (χ4v) is 2.87. The van der Waals surface area contributed by atoms with Gasteiger partial charge in [0.2, 0.25) is 0 Å². The van der Waals surface area contributed by atoms with Gasteiger partial charge >= 0.3 is 11.8 Å². The van der Waals surface area contributed by atoms with E-state index in [0.717, 1.165) is 5.56 Å². The molecular weight excluding hydrogens is 382 g/mol. The van der Waals surface area contributed by atoms with Crippen molar-refractivity contribution in [3.63, 3.8) is 0 Å². The van der Waals surface area contributed by atoms with E-state index in [-0.39, 0.29) is 29.6 Å². The van der Waals surface area contributed by atoms with Gasteiger partial charge in [-0.3, -0.25) is 14.4 Å². The van der Waals surface area contributed by atoms with E-state index in [1.165, 1.54) is 6.26 Å². The molecule has 0 saturated heterocycles. The quantitative estimate of drug-likeness (QED) is 0.526. The van der Waals surface area contributed by atoms with Gasteiger partial charge in [-0.2, -0.15) is 0 Å². The van der Waals surface area contributed by atoms with Gasteiger partial charge in [-0.25, -0.2) is 0 Å². The van der Waals surface area contributed by atoms with Crippen LogP contribution < -0.4 is 16.0 Å². The zero-order chi connectivity index (χ0) is 21.3. The lowest BCUT2D eigenvalue weighted by molar-refractivity contribution is -0.136. The van der Waals surface area contributed by atoms with Crippen LogP contribution in [0.15, 0.2) is 77.4 Å². The van der Waals surface area contributed by atoms with Gasteiger partial charge in [0.1, 0.15) is 5.76 Å². The Balaban J connectivity index is 1.56. The van der Waals surface area contributed by atoms with Crippen LogP contribution in [0.25, 0.3) is 0 Å². The first-order valence-corrected chi connectivity index (χ1v) is 9.58. The molecule has 3 amide bonds. The summed E-state index contributed by atoms with van der Waals surface area (Å²) >= 11 is 0. The monoisotopic (exact) mass is 405 g/mol. The van der Waals surface area contributed by atoms with Gasteiger partial charge in [0.15, 0.2) is 0 Å². The van der Waals surface area contributed by atoms with Crippen molar-refractivity contribution in [3.05, 3.63) is 89.9 Å². The van der Waals surface area contributed by atoms with E-state index in [4.69, 9.17) is 4.42 Å². The molecule has 0 aliphatic rings. The Labute approximate surface area is 174 Å². The molecule has 7 nitrogen and oxygen atoms in total. The predicted molar refractivity (Wildman–Crippen MR) is 113 cm³/mol. The normalized spacial score (nSPS) is 11.4. The zero-order valence-corrected chi connectivity index (χ0v) is 16.6. The number of benzene rings is 2. The molecule has 1 heterocycles. The highest BCUT2D eigenvalue weighted by Crippen LogP contribution is 2.16. The standard InChI is InChI=1S/C23H23N3O4/c1-16(17-8-3-2-4-9-17)14-24-22(28)23(29)26-20-12-6-5-11-19(20)21(27)25-15-18-10-7-13-30-18/h2-13,16H,14-15H2,1H3,(H,24,28)(H,25,27)(H,26,29)/t16-/m0/s1. The molecule has 3 aromatic rings. The fourth-order valence-electron chi connectivity index (χ4n) is 2.87. The van der Waals surface area contributed by atoms with Crippen molar-refractivity contribution in [2.75, 3.05) is 11.9 Å². The summed E-state index contributed by atoms with van der Waals surface area (Å²) in [5, 5.41) is 7.86. The van der Waals surface area contributed by atoms with Crippen molar-refractivity contribution in [2.24, 2.45) is 0 Å². The number of hydrogen-bond donors (Lipinski definition) is 3. The van der Waals surface area contributed by atoms with Crippen LogP contribution in [0.2, 0.25) is 0 Å². The third-order valence-corrected chi connectivity index (χ3v) is 4.57. The van der Waals surface area contributed by atoms with Crippen molar-refractivity contribution < 1.29 is 18.8 Å². The number of hydrogen-bond acceptors (Lipinski definition) is 4. The highest BCUT2D eigenvalue weighted by atomic mass is 16.3. The first-order chi connectivity index (χ1) is 14.5. The maximum absolute atomic E-state index is 12.5. The molecule has 3 N–H and O–H groups in total. The third kappa shape index (κ3) is 5.57. The van der Waals surface area contributed by atoms with Gasteiger partial charge in [-0.15, -0.1) is 0 Å². The van der Waals surface area contributed by atoms with E-state index in [2.05, 4.69) is 16.0 Å². The van der Waals surface area contributed by atoms with Crippen molar-refractivity contribution >= 4 is 23.4 Å². The van der Waals surface area contributed by atoms with Crippen molar-refractivity contribution in [2.45, 2.75) is 19.4 Å². The number of anilines is 1. The van der Waals surface area contributed by atoms with Crippen LogP contribution in [-0.4, -0.2) is 24.3 Å². The lowest BCUT2D eigenvalue weighted by Crippen LogP contribution is -2.37. The maximum Gasteiger partial charge on any atom is 0.313 e. The molecule has 3 rings (SSSR count). The summed E-state index contributed by atoms with van der Waals surface area (Å²) < 4.78 is 5.19. The van der Waals surface area contributed by atoms with E-state index in [1.807, 2.05) is 37.3 Å². The van der Waals surface area contributed by atoms with Crippen molar-refractivity contribution in [3.8, 4) is 0 Å². The number of carbonyl (C=O) groups is 3. The molecule has 0 saturated carbocycles. The fraction of sp³-hybridized carbons (Fsp3) is 0.174. The summed E-state index contributed by atoms with van der Waals surface area (Å²) in [6, 6.07) is 19.7. The summed E-state index contributed by atoms with van der Waals surface area (Å²) in [5.74, 6) is -1.31. The van der Waals surface area contributed by atoms with Gasteiger partial charge in [-0.05, 0) is 35.7 Å². The van der Waals surface area contributed by atoms with Gasteiger partial charge in [0.25, 0.3) is 5.91 Å². The van der Waals surface area contributed by atoms with Crippen molar-refractivity contribution in [1.82, 2.24) is 10.6 Å². The molecular formula is C23H23N3O4. The molecule has 0 radical (unpaired) electrons. The molecule has 1 aromatic heterocycles. The molecule has 1 atom stereocenters.